The van der Waals surface area contributed by atoms with E-state index in [-0.39, 0.29) is 5.82 Å². The van der Waals surface area contributed by atoms with Gasteiger partial charge in [0.25, 0.3) is 0 Å². The van der Waals surface area contributed by atoms with Gasteiger partial charge >= 0.3 is 5.97 Å². The first-order chi connectivity index (χ1) is 8.76. The first-order valence-corrected chi connectivity index (χ1v) is 5.94. The zero-order valence-electron chi connectivity index (χ0n) is 10.4. The second-order valence-corrected chi connectivity index (χ2v) is 3.74. The Kier molecular flexibility index (Phi) is 3.72. The van der Waals surface area contributed by atoms with Crippen molar-refractivity contribution in [2.75, 3.05) is 6.61 Å². The second-order valence-electron chi connectivity index (χ2n) is 3.74. The standard InChI is InChI=1S/C13H15N3O2/c1-3-9-7-5-6-8-10(9)11-14-12(16-15-11)13(17)18-4-2/h5-8H,3-4H2,1-2H3,(H,14,15,16). The van der Waals surface area contributed by atoms with Gasteiger partial charge in [-0.2, -0.15) is 5.10 Å². The summed E-state index contributed by atoms with van der Waals surface area (Å²) in [5, 5.41) is 6.67. The fourth-order valence-corrected chi connectivity index (χ4v) is 1.72. The molecule has 1 heterocycles. The second kappa shape index (κ2) is 5.44. The van der Waals surface area contributed by atoms with E-state index >= 15 is 0 Å². The number of nitrogens with one attached hydrogen (secondary N) is 1. The normalized spacial score (nSPS) is 10.3. The number of H-pyrrole nitrogens is 1. The predicted octanol–water partition coefficient (Wildman–Crippen LogP) is 2.21. The Morgan fingerprint density at radius 2 is 2.11 bits per heavy atom. The summed E-state index contributed by atoms with van der Waals surface area (Å²) in [5.41, 5.74) is 2.08. The van der Waals surface area contributed by atoms with Crippen molar-refractivity contribution in [2.24, 2.45) is 0 Å². The molecule has 0 radical (unpaired) electrons. The molecule has 1 aromatic heterocycles. The lowest BCUT2D eigenvalue weighted by Gasteiger charge is -2.02. The third kappa shape index (κ3) is 2.40. The quantitative estimate of drug-likeness (QED) is 0.838. The van der Waals surface area contributed by atoms with Crippen molar-refractivity contribution in [1.82, 2.24) is 15.2 Å². The lowest BCUT2D eigenvalue weighted by atomic mass is 10.1. The summed E-state index contributed by atoms with van der Waals surface area (Å²) in [6.45, 7) is 4.14. The highest BCUT2D eigenvalue weighted by atomic mass is 16.5. The Labute approximate surface area is 105 Å². The van der Waals surface area contributed by atoms with Crippen molar-refractivity contribution in [3.63, 3.8) is 0 Å². The van der Waals surface area contributed by atoms with Gasteiger partial charge in [0.2, 0.25) is 5.82 Å². The Morgan fingerprint density at radius 3 is 2.83 bits per heavy atom. The monoisotopic (exact) mass is 245 g/mol. The van der Waals surface area contributed by atoms with E-state index in [4.69, 9.17) is 4.74 Å². The number of carbonyl (C=O) groups is 1. The summed E-state index contributed by atoms with van der Waals surface area (Å²) in [6.07, 6.45) is 0.888. The number of hydrogen-bond donors (Lipinski definition) is 1. The number of nitrogens with zero attached hydrogens (tertiary/aromatic N) is 2. The molecule has 0 aliphatic heterocycles. The van der Waals surface area contributed by atoms with Crippen molar-refractivity contribution < 1.29 is 9.53 Å². The van der Waals surface area contributed by atoms with Crippen LogP contribution in [0, 0.1) is 0 Å². The molecule has 0 saturated carbocycles. The van der Waals surface area contributed by atoms with Crippen LogP contribution in [0.15, 0.2) is 24.3 Å². The number of aromatic amines is 1. The van der Waals surface area contributed by atoms with E-state index < -0.39 is 5.97 Å². The largest absolute Gasteiger partial charge is 0.460 e. The van der Waals surface area contributed by atoms with Crippen LogP contribution in [0.5, 0.6) is 0 Å². The molecular formula is C13H15N3O2. The number of esters is 1. The molecule has 1 N–H and O–H groups in total. The molecule has 0 aliphatic carbocycles. The molecule has 1 aromatic carbocycles. The predicted molar refractivity (Wildman–Crippen MR) is 67.2 cm³/mol. The van der Waals surface area contributed by atoms with Crippen LogP contribution in [0.2, 0.25) is 0 Å². The number of hydrogen-bond acceptors (Lipinski definition) is 4. The van der Waals surface area contributed by atoms with Crippen LogP contribution >= 0.6 is 0 Å². The molecule has 0 bridgehead atoms. The lowest BCUT2D eigenvalue weighted by molar-refractivity contribution is 0.0512. The molecule has 0 saturated heterocycles. The molecule has 0 atom stereocenters. The molecular weight excluding hydrogens is 230 g/mol. The van der Waals surface area contributed by atoms with E-state index in [2.05, 4.69) is 22.1 Å². The van der Waals surface area contributed by atoms with E-state index in [1.807, 2.05) is 24.3 Å². The minimum absolute atomic E-state index is 0.137. The van der Waals surface area contributed by atoms with E-state index in [1.165, 1.54) is 0 Å². The first-order valence-electron chi connectivity index (χ1n) is 5.94. The first kappa shape index (κ1) is 12.3. The van der Waals surface area contributed by atoms with Gasteiger partial charge in [-0.05, 0) is 18.9 Å². The Hall–Kier alpha value is -2.17. The number of benzene rings is 1. The maximum absolute atomic E-state index is 11.5. The molecule has 5 heteroatoms. The third-order valence-electron chi connectivity index (χ3n) is 2.59. The van der Waals surface area contributed by atoms with E-state index in [0.29, 0.717) is 12.4 Å². The summed E-state index contributed by atoms with van der Waals surface area (Å²) < 4.78 is 4.86. The summed E-state index contributed by atoms with van der Waals surface area (Å²) in [5.74, 6) is 0.179. The number of ether oxygens (including phenoxy) is 1. The van der Waals surface area contributed by atoms with Gasteiger partial charge in [-0.1, -0.05) is 31.2 Å². The van der Waals surface area contributed by atoms with Gasteiger partial charge in [0.15, 0.2) is 5.82 Å². The molecule has 0 spiro atoms. The van der Waals surface area contributed by atoms with Crippen LogP contribution in [0.25, 0.3) is 11.4 Å². The smallest absolute Gasteiger partial charge is 0.375 e. The fourth-order valence-electron chi connectivity index (χ4n) is 1.72. The minimum Gasteiger partial charge on any atom is -0.460 e. The number of aromatic nitrogens is 3. The summed E-state index contributed by atoms with van der Waals surface area (Å²) in [4.78, 5) is 15.7. The van der Waals surface area contributed by atoms with Gasteiger partial charge < -0.3 is 4.74 Å². The molecule has 0 aliphatic rings. The fraction of sp³-hybridized carbons (Fsp3) is 0.308. The minimum atomic E-state index is -0.481. The van der Waals surface area contributed by atoms with Crippen LogP contribution in [0.4, 0.5) is 0 Å². The van der Waals surface area contributed by atoms with Gasteiger partial charge in [-0.3, -0.25) is 5.10 Å². The highest BCUT2D eigenvalue weighted by molar-refractivity contribution is 5.85. The van der Waals surface area contributed by atoms with Crippen molar-refractivity contribution in [2.45, 2.75) is 20.3 Å². The topological polar surface area (TPSA) is 67.9 Å². The van der Waals surface area contributed by atoms with Crippen molar-refractivity contribution >= 4 is 5.97 Å². The summed E-state index contributed by atoms with van der Waals surface area (Å²) in [7, 11) is 0. The van der Waals surface area contributed by atoms with Gasteiger partial charge in [0, 0.05) is 5.56 Å². The molecule has 0 unspecified atom stereocenters. The average Bonchev–Trinajstić information content (AvgIpc) is 2.88. The molecule has 0 fully saturated rings. The van der Waals surface area contributed by atoms with Crippen molar-refractivity contribution in [3.05, 3.63) is 35.7 Å². The van der Waals surface area contributed by atoms with Crippen LogP contribution in [0.1, 0.15) is 30.0 Å². The van der Waals surface area contributed by atoms with E-state index in [9.17, 15) is 4.79 Å². The zero-order valence-corrected chi connectivity index (χ0v) is 10.4. The van der Waals surface area contributed by atoms with E-state index in [0.717, 1.165) is 17.5 Å². The molecule has 2 aromatic rings. The van der Waals surface area contributed by atoms with Crippen LogP contribution in [-0.4, -0.2) is 27.8 Å². The summed E-state index contributed by atoms with van der Waals surface area (Å²) in [6, 6.07) is 7.86. The number of aryl methyl sites for hydroxylation is 1. The number of carbonyl (C=O) groups excluding carboxylic acids is 1. The van der Waals surface area contributed by atoms with Gasteiger partial charge in [-0.15, -0.1) is 0 Å². The maximum atomic E-state index is 11.5. The molecule has 18 heavy (non-hydrogen) atoms. The Balaban J connectivity index is 2.32. The Bertz CT molecular complexity index is 549. The summed E-state index contributed by atoms with van der Waals surface area (Å²) >= 11 is 0. The number of rotatable bonds is 4. The van der Waals surface area contributed by atoms with Crippen molar-refractivity contribution in [3.8, 4) is 11.4 Å². The van der Waals surface area contributed by atoms with E-state index in [1.54, 1.807) is 6.92 Å². The Morgan fingerprint density at radius 1 is 1.33 bits per heavy atom. The van der Waals surface area contributed by atoms with Gasteiger partial charge in [0.05, 0.1) is 6.61 Å². The van der Waals surface area contributed by atoms with Crippen LogP contribution in [0.3, 0.4) is 0 Å². The molecule has 94 valence electrons. The zero-order chi connectivity index (χ0) is 13.0. The molecule has 5 nitrogen and oxygen atoms in total. The SMILES string of the molecule is CCOC(=O)c1nc(-c2ccccc2CC)n[nH]1. The highest BCUT2D eigenvalue weighted by Gasteiger charge is 2.14. The van der Waals surface area contributed by atoms with Gasteiger partial charge in [-0.25, -0.2) is 9.78 Å². The lowest BCUT2D eigenvalue weighted by Crippen LogP contribution is -2.06. The van der Waals surface area contributed by atoms with Gasteiger partial charge in [0.1, 0.15) is 0 Å². The molecule has 0 amide bonds. The average molecular weight is 245 g/mol. The van der Waals surface area contributed by atoms with Crippen LogP contribution in [-0.2, 0) is 11.2 Å². The van der Waals surface area contributed by atoms with Crippen molar-refractivity contribution in [1.29, 1.82) is 0 Å². The third-order valence-corrected chi connectivity index (χ3v) is 2.59. The van der Waals surface area contributed by atoms with Crippen LogP contribution < -0.4 is 0 Å². The molecule has 2 rings (SSSR count). The maximum Gasteiger partial charge on any atom is 0.375 e. The highest BCUT2D eigenvalue weighted by Crippen LogP contribution is 2.20.